The number of morpholine rings is 1. The molecule has 1 aromatic carbocycles. The number of carbonyl (C=O) groups is 1. The number of rotatable bonds is 4. The van der Waals surface area contributed by atoms with Gasteiger partial charge in [0.2, 0.25) is 0 Å². The van der Waals surface area contributed by atoms with E-state index < -0.39 is 0 Å². The number of ether oxygens (including phenoxy) is 1. The summed E-state index contributed by atoms with van der Waals surface area (Å²) in [5.41, 5.74) is 6.43. The lowest BCUT2D eigenvalue weighted by molar-refractivity contribution is -0.122. The highest BCUT2D eigenvalue weighted by Crippen LogP contribution is 2.02. The molecule has 1 saturated heterocycles. The van der Waals surface area contributed by atoms with Crippen molar-refractivity contribution in [1.29, 1.82) is 0 Å². The van der Waals surface area contributed by atoms with Crippen molar-refractivity contribution in [3.8, 4) is 0 Å². The Morgan fingerprint density at radius 2 is 1.94 bits per heavy atom. The van der Waals surface area contributed by atoms with Crippen LogP contribution in [0.1, 0.15) is 0 Å². The predicted octanol–water partition coefficient (Wildman–Crippen LogP) is 0.462. The molecule has 5 heteroatoms. The number of amides is 1. The van der Waals surface area contributed by atoms with Crippen molar-refractivity contribution in [3.63, 3.8) is 0 Å². The zero-order valence-electron chi connectivity index (χ0n) is 9.69. The molecule has 1 heterocycles. The predicted molar refractivity (Wildman–Crippen MR) is 65.5 cm³/mol. The molecule has 1 aromatic rings. The molecule has 2 N–H and O–H groups in total. The Kier molecular flexibility index (Phi) is 4.35. The lowest BCUT2D eigenvalue weighted by Gasteiger charge is -2.25. The fraction of sp³-hybridized carbons (Fsp3) is 0.417. The monoisotopic (exact) mass is 235 g/mol. The molecule has 1 fully saturated rings. The van der Waals surface area contributed by atoms with Crippen molar-refractivity contribution in [2.75, 3.05) is 38.3 Å². The fourth-order valence-corrected chi connectivity index (χ4v) is 1.67. The van der Waals surface area contributed by atoms with Gasteiger partial charge in [0.05, 0.1) is 25.4 Å². The second-order valence-electron chi connectivity index (χ2n) is 3.93. The Hall–Kier alpha value is -1.59. The van der Waals surface area contributed by atoms with Gasteiger partial charge in [0.25, 0.3) is 5.91 Å². The van der Waals surface area contributed by atoms with Gasteiger partial charge in [0.1, 0.15) is 0 Å². The Bertz CT molecular complexity index is 350. The van der Waals surface area contributed by atoms with Crippen LogP contribution in [0, 0.1) is 0 Å². The molecule has 5 nitrogen and oxygen atoms in total. The number of carbonyl (C=O) groups excluding carboxylic acids is 1. The normalized spacial score (nSPS) is 16.5. The number of nitrogens with one attached hydrogen (secondary N) is 2. The highest BCUT2D eigenvalue weighted by molar-refractivity contribution is 5.79. The molecule has 0 spiro atoms. The fourth-order valence-electron chi connectivity index (χ4n) is 1.67. The number of nitrogens with zero attached hydrogens (tertiary/aromatic N) is 1. The average Bonchev–Trinajstić information content (AvgIpc) is 2.39. The van der Waals surface area contributed by atoms with E-state index in [1.807, 2.05) is 30.3 Å². The lowest BCUT2D eigenvalue weighted by atomic mass is 10.3. The van der Waals surface area contributed by atoms with Gasteiger partial charge in [-0.25, -0.2) is 0 Å². The average molecular weight is 235 g/mol. The largest absolute Gasteiger partial charge is 0.379 e. The highest BCUT2D eigenvalue weighted by atomic mass is 16.5. The molecule has 1 amide bonds. The summed E-state index contributed by atoms with van der Waals surface area (Å²) in [5.74, 6) is -0.0317. The van der Waals surface area contributed by atoms with Crippen molar-refractivity contribution in [3.05, 3.63) is 30.3 Å². The molecule has 0 atom stereocenters. The summed E-state index contributed by atoms with van der Waals surface area (Å²) in [6.07, 6.45) is 0. The first-order valence-electron chi connectivity index (χ1n) is 5.74. The van der Waals surface area contributed by atoms with E-state index in [1.54, 1.807) is 0 Å². The highest BCUT2D eigenvalue weighted by Gasteiger charge is 2.13. The zero-order chi connectivity index (χ0) is 11.9. The van der Waals surface area contributed by atoms with Crippen LogP contribution in [0.2, 0.25) is 0 Å². The molecule has 92 valence electrons. The van der Waals surface area contributed by atoms with E-state index in [-0.39, 0.29) is 5.91 Å². The minimum absolute atomic E-state index is 0.0317. The van der Waals surface area contributed by atoms with E-state index in [9.17, 15) is 4.79 Å². The van der Waals surface area contributed by atoms with Crippen LogP contribution in [-0.2, 0) is 9.53 Å². The zero-order valence-corrected chi connectivity index (χ0v) is 9.69. The van der Waals surface area contributed by atoms with Gasteiger partial charge in [-0.05, 0) is 12.1 Å². The summed E-state index contributed by atoms with van der Waals surface area (Å²) < 4.78 is 5.22. The first-order valence-corrected chi connectivity index (χ1v) is 5.74. The molecular weight excluding hydrogens is 218 g/mol. The van der Waals surface area contributed by atoms with Gasteiger partial charge in [0.15, 0.2) is 0 Å². The number of benzene rings is 1. The van der Waals surface area contributed by atoms with Gasteiger partial charge >= 0.3 is 0 Å². The maximum absolute atomic E-state index is 11.6. The van der Waals surface area contributed by atoms with Crippen LogP contribution in [0.3, 0.4) is 0 Å². The maximum Gasteiger partial charge on any atom is 0.252 e. The summed E-state index contributed by atoms with van der Waals surface area (Å²) >= 11 is 0. The van der Waals surface area contributed by atoms with Crippen LogP contribution in [0.4, 0.5) is 5.69 Å². The van der Waals surface area contributed by atoms with Crippen LogP contribution >= 0.6 is 0 Å². The van der Waals surface area contributed by atoms with E-state index in [1.165, 1.54) is 0 Å². The molecule has 1 aliphatic heterocycles. The first kappa shape index (κ1) is 11.9. The van der Waals surface area contributed by atoms with Gasteiger partial charge < -0.3 is 4.74 Å². The van der Waals surface area contributed by atoms with E-state index in [0.717, 1.165) is 18.8 Å². The van der Waals surface area contributed by atoms with Gasteiger partial charge in [-0.2, -0.15) is 0 Å². The number of hydrogen-bond donors (Lipinski definition) is 2. The molecule has 0 radical (unpaired) electrons. The van der Waals surface area contributed by atoms with E-state index >= 15 is 0 Å². The van der Waals surface area contributed by atoms with E-state index in [4.69, 9.17) is 4.74 Å². The quantitative estimate of drug-likeness (QED) is 0.745. The third kappa shape index (κ3) is 4.05. The summed E-state index contributed by atoms with van der Waals surface area (Å²) in [5, 5.41) is 0. The minimum Gasteiger partial charge on any atom is -0.379 e. The third-order valence-electron chi connectivity index (χ3n) is 2.59. The van der Waals surface area contributed by atoms with E-state index in [0.29, 0.717) is 19.8 Å². The molecule has 0 bridgehead atoms. The van der Waals surface area contributed by atoms with Gasteiger partial charge in [-0.3, -0.25) is 20.5 Å². The number of para-hydroxylation sites is 1. The SMILES string of the molecule is O=C(CN1CCOCC1)NNc1ccccc1. The summed E-state index contributed by atoms with van der Waals surface area (Å²) in [4.78, 5) is 13.7. The molecule has 0 aromatic heterocycles. The number of hydrazine groups is 1. The molecule has 0 saturated carbocycles. The van der Waals surface area contributed by atoms with Crippen molar-refractivity contribution in [2.24, 2.45) is 0 Å². The lowest BCUT2D eigenvalue weighted by Crippen LogP contribution is -2.44. The molecular formula is C12H17N3O2. The first-order chi connectivity index (χ1) is 8.34. The van der Waals surface area contributed by atoms with Crippen LogP contribution in [0.15, 0.2) is 30.3 Å². The van der Waals surface area contributed by atoms with Crippen LogP contribution < -0.4 is 10.9 Å². The number of hydrogen-bond acceptors (Lipinski definition) is 4. The van der Waals surface area contributed by atoms with Gasteiger partial charge in [-0.1, -0.05) is 18.2 Å². The Morgan fingerprint density at radius 3 is 2.65 bits per heavy atom. The molecule has 0 aliphatic carbocycles. The Labute approximate surface area is 101 Å². The number of anilines is 1. The molecule has 17 heavy (non-hydrogen) atoms. The van der Waals surface area contributed by atoms with E-state index in [2.05, 4.69) is 15.8 Å². The van der Waals surface area contributed by atoms with Crippen LogP contribution in [-0.4, -0.2) is 43.7 Å². The second kappa shape index (κ2) is 6.22. The van der Waals surface area contributed by atoms with Crippen LogP contribution in [0.25, 0.3) is 0 Å². The van der Waals surface area contributed by atoms with Gasteiger partial charge in [0, 0.05) is 13.1 Å². The summed E-state index contributed by atoms with van der Waals surface area (Å²) in [6, 6.07) is 9.55. The summed E-state index contributed by atoms with van der Waals surface area (Å²) in [6.45, 7) is 3.46. The second-order valence-corrected chi connectivity index (χ2v) is 3.93. The van der Waals surface area contributed by atoms with Crippen LogP contribution in [0.5, 0.6) is 0 Å². The Balaban J connectivity index is 1.70. The third-order valence-corrected chi connectivity index (χ3v) is 2.59. The Morgan fingerprint density at radius 1 is 1.24 bits per heavy atom. The topological polar surface area (TPSA) is 53.6 Å². The standard InChI is InChI=1S/C12H17N3O2/c16-12(10-15-6-8-17-9-7-15)14-13-11-4-2-1-3-5-11/h1-5,13H,6-10H2,(H,14,16). The van der Waals surface area contributed by atoms with Gasteiger partial charge in [-0.15, -0.1) is 0 Å². The van der Waals surface area contributed by atoms with Crippen molar-refractivity contribution >= 4 is 11.6 Å². The molecule has 1 aliphatic rings. The van der Waals surface area contributed by atoms with Crippen molar-refractivity contribution in [1.82, 2.24) is 10.3 Å². The molecule has 0 unspecified atom stereocenters. The smallest absolute Gasteiger partial charge is 0.252 e. The maximum atomic E-state index is 11.6. The minimum atomic E-state index is -0.0317. The molecule has 2 rings (SSSR count). The summed E-state index contributed by atoms with van der Waals surface area (Å²) in [7, 11) is 0. The van der Waals surface area contributed by atoms with Crippen molar-refractivity contribution < 1.29 is 9.53 Å². The van der Waals surface area contributed by atoms with Crippen molar-refractivity contribution in [2.45, 2.75) is 0 Å².